The van der Waals surface area contributed by atoms with Crippen molar-refractivity contribution in [2.24, 2.45) is 0 Å². The van der Waals surface area contributed by atoms with E-state index in [1.54, 1.807) is 45.9 Å². The van der Waals surface area contributed by atoms with Crippen molar-refractivity contribution in [3.63, 3.8) is 0 Å². The second-order valence-corrected chi connectivity index (χ2v) is 11.3. The Hall–Kier alpha value is -5.27. The van der Waals surface area contributed by atoms with Crippen LogP contribution in [0.1, 0.15) is 20.8 Å². The molecule has 1 N–H and O–H groups in total. The third-order valence-electron chi connectivity index (χ3n) is 7.08. The topological polar surface area (TPSA) is 132 Å². The molecule has 1 amide bonds. The maximum atomic E-state index is 15.2. The molecule has 7 rings (SSSR count). The van der Waals surface area contributed by atoms with Gasteiger partial charge >= 0.3 is 6.09 Å². The largest absolute Gasteiger partial charge is 0.487 e. The predicted octanol–water partition coefficient (Wildman–Crippen LogP) is 4.56. The second-order valence-electron chi connectivity index (χ2n) is 11.3. The summed E-state index contributed by atoms with van der Waals surface area (Å²) in [5.41, 5.74) is 1.20. The lowest BCUT2D eigenvalue weighted by Crippen LogP contribution is -2.57. The highest BCUT2D eigenvalue weighted by atomic mass is 19.1. The smallest absolute Gasteiger partial charge is 0.410 e. The third kappa shape index (κ3) is 5.27. The maximum Gasteiger partial charge on any atom is 0.410 e. The Morgan fingerprint density at radius 1 is 1.07 bits per heavy atom. The number of hydrogen-bond acceptors (Lipinski definition) is 11. The summed E-state index contributed by atoms with van der Waals surface area (Å²) in [7, 11) is 0. The fourth-order valence-corrected chi connectivity index (χ4v) is 5.10. The quantitative estimate of drug-likeness (QED) is 0.318. The molecule has 2 aliphatic rings. The predicted molar refractivity (Wildman–Crippen MR) is 155 cm³/mol. The fraction of sp³-hybridized carbons (Fsp3) is 0.310. The fourth-order valence-electron chi connectivity index (χ4n) is 5.10. The van der Waals surface area contributed by atoms with Gasteiger partial charge in [-0.3, -0.25) is 4.90 Å². The van der Waals surface area contributed by atoms with Crippen LogP contribution in [-0.4, -0.2) is 78.4 Å². The first-order valence-corrected chi connectivity index (χ1v) is 13.8. The van der Waals surface area contributed by atoms with Crippen LogP contribution in [0.3, 0.4) is 0 Å². The van der Waals surface area contributed by atoms with Crippen molar-refractivity contribution in [1.82, 2.24) is 34.4 Å². The number of piperazine rings is 1. The number of nitrogens with zero attached hydrogens (tertiary/aromatic N) is 8. The minimum atomic E-state index is -0.593. The van der Waals surface area contributed by atoms with Crippen molar-refractivity contribution in [3.05, 3.63) is 61.1 Å². The van der Waals surface area contributed by atoms with E-state index in [0.29, 0.717) is 71.8 Å². The lowest BCUT2D eigenvalue weighted by Gasteiger charge is -2.39. The summed E-state index contributed by atoms with van der Waals surface area (Å²) >= 11 is 0. The summed E-state index contributed by atoms with van der Waals surface area (Å²) in [6.45, 7) is 7.36. The van der Waals surface area contributed by atoms with E-state index in [2.05, 4.69) is 30.3 Å². The summed E-state index contributed by atoms with van der Waals surface area (Å²) in [4.78, 5) is 34.3. The number of amides is 1. The second kappa shape index (κ2) is 10.2. The molecule has 0 aliphatic carbocycles. The minimum absolute atomic E-state index is 0.194. The summed E-state index contributed by atoms with van der Waals surface area (Å²) in [6, 6.07) is 9.53. The maximum absolute atomic E-state index is 15.2. The molecule has 6 heterocycles. The number of benzene rings is 1. The van der Waals surface area contributed by atoms with Gasteiger partial charge in [-0.1, -0.05) is 0 Å². The van der Waals surface area contributed by atoms with Crippen LogP contribution in [0, 0.1) is 5.82 Å². The van der Waals surface area contributed by atoms with Crippen LogP contribution >= 0.6 is 0 Å². The molecule has 1 atom stereocenters. The van der Waals surface area contributed by atoms with Gasteiger partial charge in [0.1, 0.15) is 47.7 Å². The van der Waals surface area contributed by atoms with Crippen LogP contribution in [0.15, 0.2) is 55.2 Å². The highest BCUT2D eigenvalue weighted by Crippen LogP contribution is 2.36. The zero-order chi connectivity index (χ0) is 29.7. The molecular formula is C29H28FN9O4. The van der Waals surface area contributed by atoms with Gasteiger partial charge in [0.15, 0.2) is 23.0 Å². The number of nitrogens with one attached hydrogen (secondary N) is 1. The molecule has 4 aromatic heterocycles. The molecule has 1 aromatic carbocycles. The molecule has 2 bridgehead atoms. The van der Waals surface area contributed by atoms with Crippen LogP contribution in [0.5, 0.6) is 17.2 Å². The van der Waals surface area contributed by atoms with Gasteiger partial charge in [-0.2, -0.15) is 5.10 Å². The summed E-state index contributed by atoms with van der Waals surface area (Å²) in [5.74, 6) is 1.80. The lowest BCUT2D eigenvalue weighted by atomic mass is 10.2. The van der Waals surface area contributed by atoms with Gasteiger partial charge in [0.2, 0.25) is 0 Å². The number of anilines is 3. The van der Waals surface area contributed by atoms with Gasteiger partial charge in [-0.15, -0.1) is 0 Å². The number of rotatable bonds is 4. The molecule has 13 nitrogen and oxygen atoms in total. The number of pyridine rings is 2. The van der Waals surface area contributed by atoms with E-state index in [0.717, 1.165) is 0 Å². The van der Waals surface area contributed by atoms with Crippen molar-refractivity contribution < 1.29 is 23.4 Å². The van der Waals surface area contributed by atoms with Crippen LogP contribution in [0.25, 0.3) is 16.7 Å². The Balaban J connectivity index is 1.12. The summed E-state index contributed by atoms with van der Waals surface area (Å²) in [6.07, 6.45) is 4.17. The van der Waals surface area contributed by atoms with E-state index in [-0.39, 0.29) is 17.8 Å². The van der Waals surface area contributed by atoms with E-state index in [1.807, 2.05) is 20.8 Å². The Kier molecular flexibility index (Phi) is 6.33. The average molecular weight is 586 g/mol. The van der Waals surface area contributed by atoms with E-state index in [1.165, 1.54) is 18.7 Å². The van der Waals surface area contributed by atoms with Crippen LogP contribution in [0.2, 0.25) is 0 Å². The van der Waals surface area contributed by atoms with Gasteiger partial charge in [0.05, 0.1) is 17.2 Å². The van der Waals surface area contributed by atoms with Gasteiger partial charge in [-0.05, 0) is 39.0 Å². The van der Waals surface area contributed by atoms with E-state index < -0.39 is 11.4 Å². The first-order chi connectivity index (χ1) is 20.7. The normalized spacial score (nSPS) is 16.4. The average Bonchev–Trinajstić information content (AvgIpc) is 3.39. The van der Waals surface area contributed by atoms with Crippen molar-refractivity contribution in [1.29, 1.82) is 0 Å². The molecule has 0 radical (unpaired) electrons. The first-order valence-electron chi connectivity index (χ1n) is 13.8. The summed E-state index contributed by atoms with van der Waals surface area (Å²) in [5, 5.41) is 7.11. The molecule has 1 saturated heterocycles. The molecule has 14 heteroatoms. The number of halogens is 1. The van der Waals surface area contributed by atoms with Crippen LogP contribution in [-0.2, 0) is 4.74 Å². The standard InChI is InChI=1S/C29H28FN9O4/c1-29(2,3)43-28(40)38-9-8-37-13-17(38)14-41-23-12-22-25(36-27(23)37)26(33-15-31-22)35-21-5-4-18(10-20(21)30)42-19-6-7-39-24(11-19)32-16-34-39/h4-7,10-12,15-17H,8-9,13-14H2,1-3H3,(H,31,33,35)/t17-/m0/s1. The highest BCUT2D eigenvalue weighted by Gasteiger charge is 2.37. The number of hydrogen-bond donors (Lipinski definition) is 1. The molecule has 0 saturated carbocycles. The lowest BCUT2D eigenvalue weighted by molar-refractivity contribution is 0.00974. The van der Waals surface area contributed by atoms with Crippen LogP contribution in [0.4, 0.5) is 26.5 Å². The molecular weight excluding hydrogens is 557 g/mol. The molecule has 2 aliphatic heterocycles. The molecule has 220 valence electrons. The van der Waals surface area contributed by atoms with Gasteiger partial charge in [0, 0.05) is 44.0 Å². The summed E-state index contributed by atoms with van der Waals surface area (Å²) < 4.78 is 34.4. The Bertz CT molecular complexity index is 1860. The van der Waals surface area contributed by atoms with Gasteiger partial charge in [0.25, 0.3) is 0 Å². The number of aromatic nitrogens is 6. The zero-order valence-electron chi connectivity index (χ0n) is 23.7. The molecule has 1 fully saturated rings. The highest BCUT2D eigenvalue weighted by molar-refractivity contribution is 5.90. The van der Waals surface area contributed by atoms with E-state index in [9.17, 15) is 4.79 Å². The number of ether oxygens (including phenoxy) is 3. The van der Waals surface area contributed by atoms with E-state index >= 15 is 4.39 Å². The monoisotopic (exact) mass is 585 g/mol. The van der Waals surface area contributed by atoms with Crippen molar-refractivity contribution in [2.45, 2.75) is 32.4 Å². The van der Waals surface area contributed by atoms with Gasteiger partial charge < -0.3 is 24.4 Å². The molecule has 43 heavy (non-hydrogen) atoms. The molecule has 0 spiro atoms. The number of carbonyl (C=O) groups excluding carboxylic acids is 1. The Labute approximate surface area is 245 Å². The van der Waals surface area contributed by atoms with Gasteiger partial charge in [-0.25, -0.2) is 33.6 Å². The molecule has 5 aromatic rings. The van der Waals surface area contributed by atoms with Crippen LogP contribution < -0.4 is 19.7 Å². The first kappa shape index (κ1) is 26.6. The Morgan fingerprint density at radius 2 is 1.93 bits per heavy atom. The van der Waals surface area contributed by atoms with Crippen molar-refractivity contribution >= 4 is 40.1 Å². The molecule has 0 unspecified atom stereocenters. The minimum Gasteiger partial charge on any atom is -0.487 e. The third-order valence-corrected chi connectivity index (χ3v) is 7.08. The van der Waals surface area contributed by atoms with E-state index in [4.69, 9.17) is 19.2 Å². The zero-order valence-corrected chi connectivity index (χ0v) is 23.7. The van der Waals surface area contributed by atoms with Crippen molar-refractivity contribution in [2.75, 3.05) is 36.5 Å². The Morgan fingerprint density at radius 3 is 2.77 bits per heavy atom. The SMILES string of the molecule is CC(C)(C)OC(=O)N1CCN2C[C@H]1COc1cc3ncnc(Nc4ccc(Oc5ccn6ncnc6c5)cc4F)c3nc12. The van der Waals surface area contributed by atoms with Crippen molar-refractivity contribution in [3.8, 4) is 17.2 Å². The number of fused-ring (bicyclic) bond motifs is 6. The number of carbonyl (C=O) groups is 1.